The number of thiophene rings is 1. The Kier molecular flexibility index (Phi) is 3.15. The van der Waals surface area contributed by atoms with Gasteiger partial charge in [-0.15, -0.1) is 11.3 Å². The summed E-state index contributed by atoms with van der Waals surface area (Å²) >= 11 is 7.24. The van der Waals surface area contributed by atoms with Crippen LogP contribution in [0.3, 0.4) is 0 Å². The van der Waals surface area contributed by atoms with Crippen LogP contribution in [0.5, 0.6) is 0 Å². The molecule has 1 aromatic rings. The van der Waals surface area contributed by atoms with Gasteiger partial charge in [-0.25, -0.2) is 0 Å². The third-order valence-corrected chi connectivity index (χ3v) is 2.25. The summed E-state index contributed by atoms with van der Waals surface area (Å²) in [6.45, 7) is 0.716. The van der Waals surface area contributed by atoms with Gasteiger partial charge in [0.2, 0.25) is 0 Å². The number of rotatable bonds is 3. The van der Waals surface area contributed by atoms with Gasteiger partial charge in [0.25, 0.3) is 0 Å². The molecule has 1 rings (SSSR count). The minimum atomic E-state index is 0.716. The minimum absolute atomic E-state index is 0.716. The topological polar surface area (TPSA) is 21.3 Å². The lowest BCUT2D eigenvalue weighted by Gasteiger charge is -1.95. The van der Waals surface area contributed by atoms with Crippen LogP contribution in [-0.2, 0) is 11.4 Å². The van der Waals surface area contributed by atoms with Gasteiger partial charge < -0.3 is 4.84 Å². The zero-order valence-corrected chi connectivity index (χ0v) is 7.13. The van der Waals surface area contributed by atoms with Crippen LogP contribution in [0.15, 0.2) is 12.1 Å². The molecule has 4 heteroatoms. The Morgan fingerprint density at radius 1 is 1.70 bits per heavy atom. The first-order valence-electron chi connectivity index (χ1n) is 2.83. The molecular formula is C6H8ClNOS. The first kappa shape index (κ1) is 8.01. The molecule has 0 amide bonds. The van der Waals surface area contributed by atoms with E-state index in [-0.39, 0.29) is 0 Å². The third kappa shape index (κ3) is 2.27. The Balaban J connectivity index is 2.42. The smallest absolute Gasteiger partial charge is 0.0931 e. The van der Waals surface area contributed by atoms with E-state index in [1.807, 2.05) is 12.1 Å². The monoisotopic (exact) mass is 177 g/mol. The van der Waals surface area contributed by atoms with Crippen LogP contribution >= 0.6 is 22.9 Å². The van der Waals surface area contributed by atoms with Crippen LogP contribution in [0.1, 0.15) is 4.88 Å². The van der Waals surface area contributed by atoms with Crippen molar-refractivity contribution in [3.63, 3.8) is 0 Å². The molecule has 0 fully saturated rings. The van der Waals surface area contributed by atoms with Gasteiger partial charge in [0.05, 0.1) is 18.0 Å². The van der Waals surface area contributed by atoms with Crippen molar-refractivity contribution in [1.82, 2.24) is 5.48 Å². The van der Waals surface area contributed by atoms with Gasteiger partial charge in [0, 0.05) is 4.88 Å². The van der Waals surface area contributed by atoms with Gasteiger partial charge in [-0.3, -0.25) is 0 Å². The highest BCUT2D eigenvalue weighted by molar-refractivity contribution is 7.16. The summed E-state index contributed by atoms with van der Waals surface area (Å²) in [5, 5.41) is 0. The summed E-state index contributed by atoms with van der Waals surface area (Å²) in [4.78, 5) is 5.84. The number of hydrogen-bond acceptors (Lipinski definition) is 3. The zero-order valence-electron chi connectivity index (χ0n) is 5.56. The predicted octanol–water partition coefficient (Wildman–Crippen LogP) is 2.05. The molecule has 0 saturated heterocycles. The normalized spacial score (nSPS) is 10.2. The van der Waals surface area contributed by atoms with E-state index in [0.29, 0.717) is 6.54 Å². The fraction of sp³-hybridized carbons (Fsp3) is 0.333. The van der Waals surface area contributed by atoms with Gasteiger partial charge >= 0.3 is 0 Å². The van der Waals surface area contributed by atoms with Gasteiger partial charge in [-0.1, -0.05) is 11.6 Å². The van der Waals surface area contributed by atoms with Crippen molar-refractivity contribution in [1.29, 1.82) is 0 Å². The first-order valence-corrected chi connectivity index (χ1v) is 4.02. The SMILES string of the molecule is CONCc1ccc(Cl)s1. The highest BCUT2D eigenvalue weighted by Crippen LogP contribution is 2.20. The maximum Gasteiger partial charge on any atom is 0.0931 e. The maximum absolute atomic E-state index is 5.69. The van der Waals surface area contributed by atoms with Crippen LogP contribution in [-0.4, -0.2) is 7.11 Å². The van der Waals surface area contributed by atoms with Gasteiger partial charge in [-0.05, 0) is 12.1 Å². The Bertz CT molecular complexity index is 201. The molecule has 1 aromatic heterocycles. The Hall–Kier alpha value is -0.0900. The first-order chi connectivity index (χ1) is 4.83. The number of hydroxylamine groups is 1. The van der Waals surface area contributed by atoms with E-state index in [1.165, 1.54) is 4.88 Å². The van der Waals surface area contributed by atoms with Crippen molar-refractivity contribution in [3.05, 3.63) is 21.3 Å². The van der Waals surface area contributed by atoms with E-state index in [4.69, 9.17) is 11.6 Å². The van der Waals surface area contributed by atoms with E-state index in [1.54, 1.807) is 18.4 Å². The van der Waals surface area contributed by atoms with E-state index in [0.717, 1.165) is 4.34 Å². The van der Waals surface area contributed by atoms with Crippen LogP contribution in [0, 0.1) is 0 Å². The molecule has 56 valence electrons. The van der Waals surface area contributed by atoms with E-state index in [2.05, 4.69) is 10.3 Å². The Morgan fingerprint density at radius 2 is 2.50 bits per heavy atom. The third-order valence-electron chi connectivity index (χ3n) is 1.02. The molecule has 0 atom stereocenters. The molecule has 1 N–H and O–H groups in total. The van der Waals surface area contributed by atoms with Crippen LogP contribution in [0.25, 0.3) is 0 Å². The fourth-order valence-electron chi connectivity index (χ4n) is 0.590. The highest BCUT2D eigenvalue weighted by atomic mass is 35.5. The van der Waals surface area contributed by atoms with Crippen molar-refractivity contribution in [2.75, 3.05) is 7.11 Å². The maximum atomic E-state index is 5.69. The minimum Gasteiger partial charge on any atom is -0.305 e. The Morgan fingerprint density at radius 3 is 3.00 bits per heavy atom. The average Bonchev–Trinajstić information content (AvgIpc) is 2.31. The van der Waals surface area contributed by atoms with E-state index >= 15 is 0 Å². The van der Waals surface area contributed by atoms with E-state index < -0.39 is 0 Å². The summed E-state index contributed by atoms with van der Waals surface area (Å²) in [6, 6.07) is 3.85. The molecule has 0 spiro atoms. The number of hydrogen-bond donors (Lipinski definition) is 1. The van der Waals surface area contributed by atoms with Crippen LogP contribution in [0.2, 0.25) is 4.34 Å². The van der Waals surface area contributed by atoms with Crippen molar-refractivity contribution in [3.8, 4) is 0 Å². The fourth-order valence-corrected chi connectivity index (χ4v) is 1.60. The zero-order chi connectivity index (χ0) is 7.40. The van der Waals surface area contributed by atoms with Crippen molar-refractivity contribution in [2.45, 2.75) is 6.54 Å². The molecule has 0 unspecified atom stereocenters. The molecule has 0 aliphatic heterocycles. The molecule has 0 bridgehead atoms. The Labute approximate surface area is 68.7 Å². The largest absolute Gasteiger partial charge is 0.305 e. The molecule has 2 nitrogen and oxygen atoms in total. The quantitative estimate of drug-likeness (QED) is 0.714. The molecule has 0 aromatic carbocycles. The molecule has 0 radical (unpaired) electrons. The molecule has 1 heterocycles. The summed E-state index contributed by atoms with van der Waals surface area (Å²) in [6.07, 6.45) is 0. The van der Waals surface area contributed by atoms with Crippen LogP contribution < -0.4 is 5.48 Å². The molecule has 0 aliphatic rings. The van der Waals surface area contributed by atoms with Gasteiger partial charge in [-0.2, -0.15) is 5.48 Å². The second kappa shape index (κ2) is 3.93. The van der Waals surface area contributed by atoms with Gasteiger partial charge in [0.15, 0.2) is 0 Å². The van der Waals surface area contributed by atoms with E-state index in [9.17, 15) is 0 Å². The highest BCUT2D eigenvalue weighted by Gasteiger charge is 1.95. The summed E-state index contributed by atoms with van der Waals surface area (Å²) < 4.78 is 0.813. The molecule has 0 aliphatic carbocycles. The molecule has 0 saturated carbocycles. The molecular weight excluding hydrogens is 170 g/mol. The number of halogens is 1. The summed E-state index contributed by atoms with van der Waals surface area (Å²) in [5.41, 5.74) is 2.73. The van der Waals surface area contributed by atoms with Crippen LogP contribution in [0.4, 0.5) is 0 Å². The summed E-state index contributed by atoms with van der Waals surface area (Å²) in [7, 11) is 1.59. The second-order valence-corrected chi connectivity index (χ2v) is 3.53. The average molecular weight is 178 g/mol. The van der Waals surface area contributed by atoms with Crippen molar-refractivity contribution >= 4 is 22.9 Å². The predicted molar refractivity (Wildman–Crippen MR) is 43.2 cm³/mol. The van der Waals surface area contributed by atoms with Crippen molar-refractivity contribution < 1.29 is 4.84 Å². The second-order valence-electron chi connectivity index (χ2n) is 1.73. The lowest BCUT2D eigenvalue weighted by atomic mass is 10.5. The van der Waals surface area contributed by atoms with Crippen molar-refractivity contribution in [2.24, 2.45) is 0 Å². The lowest BCUT2D eigenvalue weighted by Crippen LogP contribution is -2.09. The lowest BCUT2D eigenvalue weighted by molar-refractivity contribution is 0.0874. The standard InChI is InChI=1S/C6H8ClNOS/c1-9-8-4-5-2-3-6(7)10-5/h2-3,8H,4H2,1H3. The summed E-state index contributed by atoms with van der Waals surface area (Å²) in [5.74, 6) is 0. The van der Waals surface area contributed by atoms with Gasteiger partial charge in [0.1, 0.15) is 0 Å². The molecule has 10 heavy (non-hydrogen) atoms. The number of nitrogens with one attached hydrogen (secondary N) is 1.